The van der Waals surface area contributed by atoms with Crippen LogP contribution in [0.4, 0.5) is 0 Å². The first-order valence-electron chi connectivity index (χ1n) is 1.56. The molecule has 0 fully saturated rings. The lowest BCUT2D eigenvalue weighted by Crippen LogP contribution is -1.59. The van der Waals surface area contributed by atoms with Gasteiger partial charge in [0.1, 0.15) is 0 Å². The average Bonchev–Trinajstić information content (AvgIpc) is 1.41. The van der Waals surface area contributed by atoms with E-state index in [1.54, 1.807) is 0 Å². The van der Waals surface area contributed by atoms with Crippen LogP contribution in [-0.2, 0) is 0 Å². The minimum absolute atomic E-state index is 0.760. The van der Waals surface area contributed by atoms with Crippen molar-refractivity contribution in [3.05, 3.63) is 0 Å². The van der Waals surface area contributed by atoms with E-state index >= 15 is 0 Å². The number of hydrogen-bond donors (Lipinski definition) is 0. The van der Waals surface area contributed by atoms with Gasteiger partial charge in [-0.3, -0.25) is 0 Å². The molecule has 0 spiro atoms. The van der Waals surface area contributed by atoms with Gasteiger partial charge in [0.25, 0.3) is 0 Å². The van der Waals surface area contributed by atoms with Crippen molar-refractivity contribution in [2.75, 3.05) is 6.06 Å². The molecule has 0 unspecified atom stereocenters. The van der Waals surface area contributed by atoms with Crippen LogP contribution in [0.2, 0.25) is 0 Å². The summed E-state index contributed by atoms with van der Waals surface area (Å²) in [6.07, 6.45) is 0. The van der Waals surface area contributed by atoms with E-state index in [4.69, 9.17) is 7.85 Å². The topological polar surface area (TPSA) is 0 Å². The van der Waals surface area contributed by atoms with Crippen LogP contribution < -0.4 is 0 Å². The maximum Gasteiger partial charge on any atom is 0.0773 e. The molecule has 0 saturated carbocycles. The van der Waals surface area contributed by atoms with Gasteiger partial charge >= 0.3 is 0 Å². The summed E-state index contributed by atoms with van der Waals surface area (Å²) in [7, 11) is 6.33. The first-order chi connectivity index (χ1) is 2.41. The van der Waals surface area contributed by atoms with E-state index in [-0.39, 0.29) is 0 Å². The molecule has 26 valence electrons. The van der Waals surface area contributed by atoms with Crippen LogP contribution in [0.3, 0.4) is 0 Å². The van der Waals surface area contributed by atoms with Gasteiger partial charge in [-0.15, -0.1) is 8.20 Å². The summed E-state index contributed by atoms with van der Waals surface area (Å²) in [6, 6.07) is 0.760. The van der Waals surface area contributed by atoms with Crippen LogP contribution in [0.1, 0.15) is 6.92 Å². The van der Waals surface area contributed by atoms with Crippen molar-refractivity contribution in [2.45, 2.75) is 6.92 Å². The maximum absolute atomic E-state index is 5.10. The van der Waals surface area contributed by atoms with Gasteiger partial charge in [0.2, 0.25) is 0 Å². The molecule has 0 amide bonds. The van der Waals surface area contributed by atoms with Gasteiger partial charge in [0, 0.05) is 0 Å². The average molecular weight is 83.9 g/mol. The SMILES string of the molecule is [B]CP=CC. The smallest absolute Gasteiger partial charge is 0.0773 e. The van der Waals surface area contributed by atoms with Crippen molar-refractivity contribution in [2.24, 2.45) is 0 Å². The Balaban J connectivity index is 2.62. The molecule has 0 atom stereocenters. The van der Waals surface area contributed by atoms with Gasteiger partial charge < -0.3 is 0 Å². The molecule has 0 aromatic heterocycles. The Hall–Kier alpha value is 0.235. The summed E-state index contributed by atoms with van der Waals surface area (Å²) >= 11 is 0. The fraction of sp³-hybridized carbons (Fsp3) is 0.667. The van der Waals surface area contributed by atoms with E-state index in [0.29, 0.717) is 0 Å². The van der Waals surface area contributed by atoms with Crippen molar-refractivity contribution < 1.29 is 0 Å². The Bertz CT molecular complexity index is 33.9. The second-order valence-corrected chi connectivity index (χ2v) is 1.87. The highest BCUT2D eigenvalue weighted by molar-refractivity contribution is 7.40. The number of rotatable bonds is 1. The molecule has 0 rings (SSSR count). The molecule has 5 heavy (non-hydrogen) atoms. The van der Waals surface area contributed by atoms with Gasteiger partial charge in [-0.1, -0.05) is 5.80 Å². The largest absolute Gasteiger partial charge is 0.119 e. The molecular formula is C3H6BP. The highest BCUT2D eigenvalue weighted by atomic mass is 31.1. The second kappa shape index (κ2) is 4.23. The van der Waals surface area contributed by atoms with Crippen LogP contribution in [0.15, 0.2) is 0 Å². The van der Waals surface area contributed by atoms with Crippen molar-refractivity contribution in [3.63, 3.8) is 0 Å². The lowest BCUT2D eigenvalue weighted by Gasteiger charge is -1.64. The molecule has 2 heteroatoms. The predicted molar refractivity (Wildman–Crippen MR) is 29.3 cm³/mol. The normalized spacial score (nSPS) is 9.80. The summed E-state index contributed by atoms with van der Waals surface area (Å²) in [5.74, 6) is 2.03. The first kappa shape index (κ1) is 5.23. The summed E-state index contributed by atoms with van der Waals surface area (Å²) in [4.78, 5) is 0. The maximum atomic E-state index is 5.10. The molecule has 0 aliphatic carbocycles. The standard InChI is InChI=1S/C3H6BP/c1-2-5-3-4/h2H,3H2,1H3. The molecule has 0 heterocycles. The van der Waals surface area contributed by atoms with Crippen molar-refractivity contribution in [1.82, 2.24) is 0 Å². The van der Waals surface area contributed by atoms with E-state index in [1.807, 2.05) is 12.7 Å². The first-order valence-corrected chi connectivity index (χ1v) is 2.71. The Kier molecular flexibility index (Phi) is 4.43. The van der Waals surface area contributed by atoms with Crippen LogP contribution >= 0.6 is 8.20 Å². The van der Waals surface area contributed by atoms with Crippen LogP contribution in [0.25, 0.3) is 0 Å². The molecule has 0 aromatic carbocycles. The molecule has 0 nitrogen and oxygen atoms in total. The van der Waals surface area contributed by atoms with Crippen LogP contribution in [0.5, 0.6) is 0 Å². The molecule has 0 aromatic rings. The Labute approximate surface area is 35.8 Å². The van der Waals surface area contributed by atoms with E-state index in [0.717, 1.165) is 6.06 Å². The fourth-order valence-corrected chi connectivity index (χ4v) is 0.316. The minimum atomic E-state index is 0.760. The summed E-state index contributed by atoms with van der Waals surface area (Å²) in [5.41, 5.74) is 0. The van der Waals surface area contributed by atoms with Gasteiger partial charge in [0.05, 0.1) is 7.85 Å². The highest BCUT2D eigenvalue weighted by Crippen LogP contribution is 1.83. The van der Waals surface area contributed by atoms with Gasteiger partial charge in [0.15, 0.2) is 0 Å². The molecule has 0 saturated heterocycles. The van der Waals surface area contributed by atoms with Gasteiger partial charge in [-0.25, -0.2) is 0 Å². The molecule has 0 bridgehead atoms. The minimum Gasteiger partial charge on any atom is -0.119 e. The lowest BCUT2D eigenvalue weighted by atomic mass is 10.2. The third-order valence-corrected chi connectivity index (χ3v) is 0.864. The summed E-state index contributed by atoms with van der Waals surface area (Å²) < 4.78 is 0. The summed E-state index contributed by atoms with van der Waals surface area (Å²) in [6.45, 7) is 1.99. The van der Waals surface area contributed by atoms with Crippen LogP contribution in [-0.4, -0.2) is 19.7 Å². The van der Waals surface area contributed by atoms with E-state index in [1.165, 1.54) is 8.20 Å². The number of hydrogen-bond acceptors (Lipinski definition) is 0. The molecule has 0 aliphatic heterocycles. The third kappa shape index (κ3) is 4.23. The van der Waals surface area contributed by atoms with E-state index < -0.39 is 0 Å². The second-order valence-electron chi connectivity index (χ2n) is 0.623. The molecule has 2 radical (unpaired) electrons. The van der Waals surface area contributed by atoms with Crippen molar-refractivity contribution in [1.29, 1.82) is 0 Å². The van der Waals surface area contributed by atoms with E-state index in [2.05, 4.69) is 0 Å². The highest BCUT2D eigenvalue weighted by Gasteiger charge is 1.53. The Morgan fingerprint density at radius 2 is 2.60 bits per heavy atom. The molecular weight excluding hydrogens is 77.8 g/mol. The van der Waals surface area contributed by atoms with Crippen molar-refractivity contribution in [3.8, 4) is 0 Å². The zero-order valence-corrected chi connectivity index (χ0v) is 4.20. The van der Waals surface area contributed by atoms with Gasteiger partial charge in [-0.05, 0) is 13.0 Å². The fourth-order valence-electron chi connectivity index (χ4n) is 0.105. The summed E-state index contributed by atoms with van der Waals surface area (Å²) in [5, 5.41) is 0. The van der Waals surface area contributed by atoms with Crippen LogP contribution in [0, 0.1) is 0 Å². The molecule has 0 aliphatic rings. The third-order valence-electron chi connectivity index (χ3n) is 0.288. The zero-order chi connectivity index (χ0) is 4.12. The van der Waals surface area contributed by atoms with E-state index in [9.17, 15) is 0 Å². The lowest BCUT2D eigenvalue weighted by molar-refractivity contribution is 2.12. The Morgan fingerprint density at radius 1 is 2.00 bits per heavy atom. The quantitative estimate of drug-likeness (QED) is 0.326. The molecule has 0 N–H and O–H groups in total. The predicted octanol–water partition coefficient (Wildman–Crippen LogP) is 0.881. The zero-order valence-electron chi connectivity index (χ0n) is 3.31. The Morgan fingerprint density at radius 3 is 2.60 bits per heavy atom. The van der Waals surface area contributed by atoms with Gasteiger partial charge in [-0.2, -0.15) is 0 Å². The monoisotopic (exact) mass is 84.0 g/mol. The van der Waals surface area contributed by atoms with Crippen molar-refractivity contribution >= 4 is 21.8 Å².